The first-order chi connectivity index (χ1) is 14.2. The van der Waals surface area contributed by atoms with Crippen LogP contribution >= 0.6 is 11.6 Å². The molecule has 30 heavy (non-hydrogen) atoms. The Morgan fingerprint density at radius 2 is 1.80 bits per heavy atom. The molecular weight excluding hydrogens is 432 g/mol. The fourth-order valence-corrected chi connectivity index (χ4v) is 4.98. The summed E-state index contributed by atoms with van der Waals surface area (Å²) in [5.74, 6) is -0.227. The molecule has 3 rings (SSSR count). The van der Waals surface area contributed by atoms with E-state index in [-0.39, 0.29) is 30.4 Å². The molecule has 2 aromatic carbocycles. The number of sulfonamides is 1. The molecule has 2 aromatic rings. The van der Waals surface area contributed by atoms with Gasteiger partial charge in [-0.1, -0.05) is 29.8 Å². The number of amides is 1. The largest absolute Gasteiger partial charge is 0.325 e. The molecule has 0 bridgehead atoms. The van der Waals surface area contributed by atoms with Crippen LogP contribution in [0.5, 0.6) is 0 Å². The van der Waals surface area contributed by atoms with Crippen molar-refractivity contribution in [1.82, 2.24) is 9.21 Å². The van der Waals surface area contributed by atoms with E-state index in [1.165, 1.54) is 28.6 Å². The molecule has 1 heterocycles. The maximum absolute atomic E-state index is 12.9. The lowest BCUT2D eigenvalue weighted by Crippen LogP contribution is -2.50. The molecule has 0 atom stereocenters. The lowest BCUT2D eigenvalue weighted by molar-refractivity contribution is -0.387. The Bertz CT molecular complexity index is 1070. The quantitative estimate of drug-likeness (QED) is 0.532. The normalized spacial score (nSPS) is 15.7. The van der Waals surface area contributed by atoms with E-state index in [0.717, 1.165) is 5.56 Å². The van der Waals surface area contributed by atoms with Crippen LogP contribution in [-0.4, -0.2) is 61.2 Å². The molecule has 9 nitrogen and oxygen atoms in total. The molecule has 1 saturated heterocycles. The fraction of sp³-hybridized carbons (Fsp3) is 0.316. The van der Waals surface area contributed by atoms with E-state index in [4.69, 9.17) is 11.6 Å². The second kappa shape index (κ2) is 9.09. The predicted octanol–water partition coefficient (Wildman–Crippen LogP) is 2.50. The van der Waals surface area contributed by atoms with Crippen molar-refractivity contribution in [2.45, 2.75) is 11.8 Å². The minimum atomic E-state index is -4.00. The number of carbonyl (C=O) groups is 1. The van der Waals surface area contributed by atoms with Crippen molar-refractivity contribution in [3.8, 4) is 0 Å². The summed E-state index contributed by atoms with van der Waals surface area (Å²) in [6, 6.07) is 10.5. The van der Waals surface area contributed by atoms with Gasteiger partial charge in [0.25, 0.3) is 5.69 Å². The summed E-state index contributed by atoms with van der Waals surface area (Å²) in [7, 11) is -4.00. The number of benzene rings is 2. The predicted molar refractivity (Wildman–Crippen MR) is 113 cm³/mol. The zero-order valence-electron chi connectivity index (χ0n) is 16.2. The number of rotatable bonds is 6. The van der Waals surface area contributed by atoms with Gasteiger partial charge in [0, 0.05) is 43.0 Å². The maximum Gasteiger partial charge on any atom is 0.289 e. The molecule has 0 saturated carbocycles. The van der Waals surface area contributed by atoms with Gasteiger partial charge in [-0.15, -0.1) is 0 Å². The SMILES string of the molecule is Cc1c(Cl)cccc1NC(=O)CN1CCN(S(=O)(=O)c2ccccc2[N+](=O)[O-])CC1. The summed E-state index contributed by atoms with van der Waals surface area (Å²) in [6.07, 6.45) is 0. The van der Waals surface area contributed by atoms with Gasteiger partial charge in [-0.05, 0) is 30.7 Å². The van der Waals surface area contributed by atoms with Gasteiger partial charge in [0.05, 0.1) is 11.5 Å². The lowest BCUT2D eigenvalue weighted by atomic mass is 10.2. The first-order valence-electron chi connectivity index (χ1n) is 9.21. The fourth-order valence-electron chi connectivity index (χ4n) is 3.23. The third-order valence-electron chi connectivity index (χ3n) is 4.92. The van der Waals surface area contributed by atoms with Crippen molar-refractivity contribution in [2.24, 2.45) is 0 Å². The van der Waals surface area contributed by atoms with Crippen molar-refractivity contribution < 1.29 is 18.1 Å². The zero-order chi connectivity index (χ0) is 21.9. The Morgan fingerprint density at radius 1 is 1.13 bits per heavy atom. The molecular formula is C19H21ClN4O5S. The highest BCUT2D eigenvalue weighted by molar-refractivity contribution is 7.89. The second-order valence-corrected chi connectivity index (χ2v) is 9.18. The third-order valence-corrected chi connectivity index (χ3v) is 7.28. The number of hydrogen-bond acceptors (Lipinski definition) is 6. The van der Waals surface area contributed by atoms with Crippen molar-refractivity contribution >= 4 is 38.9 Å². The van der Waals surface area contributed by atoms with E-state index in [9.17, 15) is 23.3 Å². The molecule has 1 aliphatic rings. The van der Waals surface area contributed by atoms with E-state index in [2.05, 4.69) is 5.32 Å². The summed E-state index contributed by atoms with van der Waals surface area (Å²) in [5, 5.41) is 14.6. The maximum atomic E-state index is 12.9. The van der Waals surface area contributed by atoms with Gasteiger partial charge < -0.3 is 5.32 Å². The van der Waals surface area contributed by atoms with E-state index in [1.54, 1.807) is 18.2 Å². The molecule has 0 aliphatic carbocycles. The highest BCUT2D eigenvalue weighted by Gasteiger charge is 2.33. The number of nitro groups is 1. The molecule has 1 fully saturated rings. The van der Waals surface area contributed by atoms with Crippen molar-refractivity contribution in [1.29, 1.82) is 0 Å². The Balaban J connectivity index is 1.61. The van der Waals surface area contributed by atoms with Crippen molar-refractivity contribution in [3.63, 3.8) is 0 Å². The number of halogens is 1. The smallest absolute Gasteiger partial charge is 0.289 e. The van der Waals surface area contributed by atoms with Crippen LogP contribution in [0.1, 0.15) is 5.56 Å². The van der Waals surface area contributed by atoms with Gasteiger partial charge in [-0.2, -0.15) is 4.31 Å². The number of hydrogen-bond donors (Lipinski definition) is 1. The molecule has 0 radical (unpaired) electrons. The van der Waals surface area contributed by atoms with E-state index in [1.807, 2.05) is 11.8 Å². The van der Waals surface area contributed by atoms with Crippen LogP contribution < -0.4 is 5.32 Å². The molecule has 0 unspecified atom stereocenters. The Labute approximate surface area is 179 Å². The molecule has 0 spiro atoms. The first kappa shape index (κ1) is 22.2. The summed E-state index contributed by atoms with van der Waals surface area (Å²) in [5.41, 5.74) is 0.953. The van der Waals surface area contributed by atoms with Crippen LogP contribution in [0.4, 0.5) is 11.4 Å². The van der Waals surface area contributed by atoms with Gasteiger partial charge in [-0.3, -0.25) is 19.8 Å². The Hall–Kier alpha value is -2.53. The van der Waals surface area contributed by atoms with Crippen LogP contribution in [0.2, 0.25) is 5.02 Å². The molecule has 1 N–H and O–H groups in total. The molecule has 11 heteroatoms. The number of nitrogens with one attached hydrogen (secondary N) is 1. The number of anilines is 1. The minimum Gasteiger partial charge on any atom is -0.325 e. The monoisotopic (exact) mass is 452 g/mol. The number of nitrogens with zero attached hydrogens (tertiary/aromatic N) is 3. The molecule has 1 amide bonds. The molecule has 1 aliphatic heterocycles. The van der Waals surface area contributed by atoms with E-state index >= 15 is 0 Å². The zero-order valence-corrected chi connectivity index (χ0v) is 17.8. The topological polar surface area (TPSA) is 113 Å². The van der Waals surface area contributed by atoms with E-state index < -0.39 is 20.6 Å². The van der Waals surface area contributed by atoms with Gasteiger partial charge in [-0.25, -0.2) is 8.42 Å². The second-order valence-electron chi connectivity index (χ2n) is 6.87. The molecule has 0 aromatic heterocycles. The number of piperazine rings is 1. The van der Waals surface area contributed by atoms with Gasteiger partial charge >= 0.3 is 0 Å². The van der Waals surface area contributed by atoms with Gasteiger partial charge in [0.15, 0.2) is 4.90 Å². The van der Waals surface area contributed by atoms with Crippen molar-refractivity contribution in [2.75, 3.05) is 38.0 Å². The number of carbonyl (C=O) groups excluding carboxylic acids is 1. The first-order valence-corrected chi connectivity index (χ1v) is 11.0. The number of nitro benzene ring substituents is 1. The highest BCUT2D eigenvalue weighted by Crippen LogP contribution is 2.27. The third kappa shape index (κ3) is 4.78. The van der Waals surface area contributed by atoms with Crippen LogP contribution in [0.25, 0.3) is 0 Å². The van der Waals surface area contributed by atoms with Crippen LogP contribution in [0.3, 0.4) is 0 Å². The van der Waals surface area contributed by atoms with Crippen LogP contribution in [-0.2, 0) is 14.8 Å². The van der Waals surface area contributed by atoms with Gasteiger partial charge in [0.1, 0.15) is 0 Å². The van der Waals surface area contributed by atoms with E-state index in [0.29, 0.717) is 23.8 Å². The van der Waals surface area contributed by atoms with Crippen LogP contribution in [0.15, 0.2) is 47.4 Å². The van der Waals surface area contributed by atoms with Crippen molar-refractivity contribution in [3.05, 3.63) is 63.2 Å². The average Bonchev–Trinajstić information content (AvgIpc) is 2.72. The Morgan fingerprint density at radius 3 is 2.47 bits per heavy atom. The summed E-state index contributed by atoms with van der Waals surface area (Å²) >= 11 is 6.06. The molecule has 160 valence electrons. The Kier molecular flexibility index (Phi) is 6.71. The van der Waals surface area contributed by atoms with Gasteiger partial charge in [0.2, 0.25) is 15.9 Å². The standard InChI is InChI=1S/C19H21ClN4O5S/c1-14-15(20)5-4-6-16(14)21-19(25)13-22-9-11-23(12-10-22)30(28,29)18-8-3-2-7-17(18)24(26)27/h2-8H,9-13H2,1H3,(H,21,25). The summed E-state index contributed by atoms with van der Waals surface area (Å²) in [6.45, 7) is 2.86. The highest BCUT2D eigenvalue weighted by atomic mass is 35.5. The summed E-state index contributed by atoms with van der Waals surface area (Å²) in [4.78, 5) is 24.4. The number of para-hydroxylation sites is 1. The minimum absolute atomic E-state index is 0.103. The van der Waals surface area contributed by atoms with Crippen LogP contribution in [0, 0.1) is 17.0 Å². The lowest BCUT2D eigenvalue weighted by Gasteiger charge is -2.33. The summed E-state index contributed by atoms with van der Waals surface area (Å²) < 4.78 is 26.9. The average molecular weight is 453 g/mol.